The lowest BCUT2D eigenvalue weighted by molar-refractivity contribution is 0.109. The molecule has 2 aromatic rings. The van der Waals surface area contributed by atoms with Crippen LogP contribution in [0.3, 0.4) is 0 Å². The van der Waals surface area contributed by atoms with Gasteiger partial charge in [0.25, 0.3) is 0 Å². The number of urea groups is 1. The summed E-state index contributed by atoms with van der Waals surface area (Å²) in [6.45, 7) is 7.31. The van der Waals surface area contributed by atoms with Crippen molar-refractivity contribution >= 4 is 28.5 Å². The predicted molar refractivity (Wildman–Crippen MR) is 108 cm³/mol. The molecule has 0 saturated carbocycles. The van der Waals surface area contributed by atoms with Gasteiger partial charge in [-0.2, -0.15) is 5.10 Å². The number of amides is 2. The van der Waals surface area contributed by atoms with Gasteiger partial charge in [0.2, 0.25) is 0 Å². The predicted octanol–water partition coefficient (Wildman–Crippen LogP) is 3.85. The zero-order valence-electron chi connectivity index (χ0n) is 16.3. The van der Waals surface area contributed by atoms with Gasteiger partial charge < -0.3 is 15.0 Å². The van der Waals surface area contributed by atoms with Crippen molar-refractivity contribution in [3.63, 3.8) is 0 Å². The van der Waals surface area contributed by atoms with E-state index in [4.69, 9.17) is 16.3 Å². The molecule has 2 N–H and O–H groups in total. The molecule has 6 nitrogen and oxygen atoms in total. The Balaban J connectivity index is 1.61. The second kappa shape index (κ2) is 8.48. The Morgan fingerprint density at radius 3 is 2.85 bits per heavy atom. The molecular weight excluding hydrogens is 364 g/mol. The number of aromatic nitrogens is 2. The summed E-state index contributed by atoms with van der Waals surface area (Å²) in [7, 11) is 1.64. The Labute approximate surface area is 165 Å². The standard InChI is InChI=1S/C20H29ClN4O2/c1-20(2,12-14-10-17(21)11-15-13-23-24-18(14)15)16-4-7-25(8-5-16)19(26)22-6-9-27-3/h10-11,13,16H,4-9,12H2,1-3H3,(H,22,26)(H,23,24). The highest BCUT2D eigenvalue weighted by Gasteiger charge is 2.34. The van der Waals surface area contributed by atoms with Crippen molar-refractivity contribution in [1.29, 1.82) is 0 Å². The molecule has 7 heteroatoms. The first-order valence-electron chi connectivity index (χ1n) is 9.54. The third kappa shape index (κ3) is 4.74. The van der Waals surface area contributed by atoms with Gasteiger partial charge in [-0.15, -0.1) is 0 Å². The molecule has 2 amide bonds. The molecule has 0 radical (unpaired) electrons. The summed E-state index contributed by atoms with van der Waals surface area (Å²) in [5.41, 5.74) is 2.39. The number of piperidine rings is 1. The molecule has 0 spiro atoms. The van der Waals surface area contributed by atoms with E-state index in [1.165, 1.54) is 5.56 Å². The smallest absolute Gasteiger partial charge is 0.317 e. The zero-order chi connectivity index (χ0) is 19.4. The lowest BCUT2D eigenvalue weighted by Crippen LogP contribution is -2.47. The van der Waals surface area contributed by atoms with E-state index in [0.717, 1.165) is 48.3 Å². The topological polar surface area (TPSA) is 70.2 Å². The van der Waals surface area contributed by atoms with Crippen LogP contribution in [0.25, 0.3) is 10.9 Å². The number of likely N-dealkylation sites (tertiary alicyclic amines) is 1. The second-order valence-corrected chi connectivity index (χ2v) is 8.49. The average Bonchev–Trinajstić information content (AvgIpc) is 3.10. The Hall–Kier alpha value is -1.79. The zero-order valence-corrected chi connectivity index (χ0v) is 17.1. The Morgan fingerprint density at radius 1 is 1.41 bits per heavy atom. The van der Waals surface area contributed by atoms with Crippen LogP contribution in [0.1, 0.15) is 32.3 Å². The number of rotatable bonds is 6. The number of carbonyl (C=O) groups excluding carboxylic acids is 1. The Kier molecular flexibility index (Phi) is 6.27. The van der Waals surface area contributed by atoms with Crippen molar-refractivity contribution in [2.75, 3.05) is 33.4 Å². The van der Waals surface area contributed by atoms with Gasteiger partial charge in [-0.25, -0.2) is 4.79 Å². The van der Waals surface area contributed by atoms with Gasteiger partial charge in [0.1, 0.15) is 0 Å². The number of H-pyrrole nitrogens is 1. The Morgan fingerprint density at radius 2 is 2.15 bits per heavy atom. The number of halogens is 1. The van der Waals surface area contributed by atoms with Crippen molar-refractivity contribution in [3.8, 4) is 0 Å². The molecule has 27 heavy (non-hydrogen) atoms. The monoisotopic (exact) mass is 392 g/mol. The third-order valence-electron chi connectivity index (χ3n) is 5.71. The van der Waals surface area contributed by atoms with Crippen molar-refractivity contribution < 1.29 is 9.53 Å². The van der Waals surface area contributed by atoms with Crippen LogP contribution in [0.4, 0.5) is 4.79 Å². The number of hydrogen-bond donors (Lipinski definition) is 2. The highest BCUT2D eigenvalue weighted by Crippen LogP contribution is 2.39. The van der Waals surface area contributed by atoms with Crippen molar-refractivity contribution in [2.45, 2.75) is 33.1 Å². The van der Waals surface area contributed by atoms with E-state index in [2.05, 4.69) is 29.4 Å². The van der Waals surface area contributed by atoms with Crippen LogP contribution in [0.15, 0.2) is 18.3 Å². The first kappa shape index (κ1) is 20.0. The van der Waals surface area contributed by atoms with Gasteiger partial charge in [0.15, 0.2) is 0 Å². The lowest BCUT2D eigenvalue weighted by atomic mass is 9.70. The summed E-state index contributed by atoms with van der Waals surface area (Å²) in [6.07, 6.45) is 4.77. The molecule has 1 aromatic heterocycles. The molecule has 3 rings (SSSR count). The summed E-state index contributed by atoms with van der Waals surface area (Å²) in [6, 6.07) is 4.00. The van der Waals surface area contributed by atoms with E-state index in [-0.39, 0.29) is 11.4 Å². The summed E-state index contributed by atoms with van der Waals surface area (Å²) >= 11 is 6.30. The van der Waals surface area contributed by atoms with E-state index < -0.39 is 0 Å². The number of benzene rings is 1. The molecular formula is C20H29ClN4O2. The number of aromatic amines is 1. The van der Waals surface area contributed by atoms with Crippen molar-refractivity contribution in [1.82, 2.24) is 20.4 Å². The fraction of sp³-hybridized carbons (Fsp3) is 0.600. The molecule has 1 aliphatic heterocycles. The van der Waals surface area contributed by atoms with Gasteiger partial charge in [-0.05, 0) is 48.3 Å². The van der Waals surface area contributed by atoms with Gasteiger partial charge >= 0.3 is 6.03 Å². The van der Waals surface area contributed by atoms with Crippen LogP contribution in [-0.4, -0.2) is 54.5 Å². The summed E-state index contributed by atoms with van der Waals surface area (Å²) in [5.74, 6) is 0.553. The van der Waals surface area contributed by atoms with Crippen LogP contribution < -0.4 is 5.32 Å². The molecule has 1 saturated heterocycles. The number of nitrogens with one attached hydrogen (secondary N) is 2. The molecule has 2 heterocycles. The lowest BCUT2D eigenvalue weighted by Gasteiger charge is -2.41. The van der Waals surface area contributed by atoms with Gasteiger partial charge in [0.05, 0.1) is 18.3 Å². The fourth-order valence-corrected chi connectivity index (χ4v) is 4.35. The molecule has 0 bridgehead atoms. The number of methoxy groups -OCH3 is 1. The number of nitrogens with zero attached hydrogens (tertiary/aromatic N) is 2. The number of fused-ring (bicyclic) bond motifs is 1. The number of ether oxygens (including phenoxy) is 1. The minimum atomic E-state index is 0.0114. The van der Waals surface area contributed by atoms with Crippen molar-refractivity contribution in [2.24, 2.45) is 11.3 Å². The van der Waals surface area contributed by atoms with E-state index in [0.29, 0.717) is 19.1 Å². The Bertz CT molecular complexity index is 781. The van der Waals surface area contributed by atoms with Crippen LogP contribution in [0, 0.1) is 11.3 Å². The maximum absolute atomic E-state index is 12.2. The molecule has 0 aliphatic carbocycles. The third-order valence-corrected chi connectivity index (χ3v) is 5.93. The highest BCUT2D eigenvalue weighted by atomic mass is 35.5. The molecule has 1 fully saturated rings. The summed E-state index contributed by atoms with van der Waals surface area (Å²) in [4.78, 5) is 14.1. The number of hydrogen-bond acceptors (Lipinski definition) is 3. The minimum absolute atomic E-state index is 0.0114. The summed E-state index contributed by atoms with van der Waals surface area (Å²) < 4.78 is 4.98. The average molecular weight is 393 g/mol. The van der Waals surface area contributed by atoms with Crippen molar-refractivity contribution in [3.05, 3.63) is 28.9 Å². The maximum Gasteiger partial charge on any atom is 0.317 e. The van der Waals surface area contributed by atoms with Crippen LogP contribution >= 0.6 is 11.6 Å². The molecule has 148 valence electrons. The SMILES string of the molecule is COCCNC(=O)N1CCC(C(C)(C)Cc2cc(Cl)cc3cn[nH]c23)CC1. The fourth-order valence-electron chi connectivity index (χ4n) is 4.10. The van der Waals surface area contributed by atoms with E-state index in [9.17, 15) is 4.79 Å². The van der Waals surface area contributed by atoms with E-state index in [1.54, 1.807) is 7.11 Å². The van der Waals surface area contributed by atoms with E-state index in [1.807, 2.05) is 23.2 Å². The quantitative estimate of drug-likeness (QED) is 0.733. The highest BCUT2D eigenvalue weighted by molar-refractivity contribution is 6.31. The van der Waals surface area contributed by atoms with Gasteiger partial charge in [-0.3, -0.25) is 5.10 Å². The van der Waals surface area contributed by atoms with Gasteiger partial charge in [-0.1, -0.05) is 25.4 Å². The minimum Gasteiger partial charge on any atom is -0.383 e. The number of carbonyl (C=O) groups is 1. The maximum atomic E-state index is 12.2. The van der Waals surface area contributed by atoms with Crippen LogP contribution in [0.5, 0.6) is 0 Å². The molecule has 0 atom stereocenters. The van der Waals surface area contributed by atoms with Crippen LogP contribution in [-0.2, 0) is 11.2 Å². The van der Waals surface area contributed by atoms with Gasteiger partial charge in [0, 0.05) is 37.2 Å². The van der Waals surface area contributed by atoms with Crippen LogP contribution in [0.2, 0.25) is 5.02 Å². The normalized spacial score (nSPS) is 16.1. The summed E-state index contributed by atoms with van der Waals surface area (Å²) in [5, 5.41) is 12.0. The van der Waals surface area contributed by atoms with E-state index >= 15 is 0 Å². The molecule has 0 unspecified atom stereocenters. The first-order valence-corrected chi connectivity index (χ1v) is 9.92. The first-order chi connectivity index (χ1) is 12.9. The molecule has 1 aliphatic rings. The largest absolute Gasteiger partial charge is 0.383 e. The molecule has 1 aromatic carbocycles. The second-order valence-electron chi connectivity index (χ2n) is 8.05.